The smallest absolute Gasteiger partial charge is 0.123 e. The van der Waals surface area contributed by atoms with E-state index in [2.05, 4.69) is 50.8 Å². The van der Waals surface area contributed by atoms with Crippen molar-refractivity contribution in [3.05, 3.63) is 29.3 Å². The minimum absolute atomic E-state index is 0.279. The molecule has 0 saturated carbocycles. The van der Waals surface area contributed by atoms with Crippen molar-refractivity contribution in [2.75, 3.05) is 13.2 Å². The van der Waals surface area contributed by atoms with Gasteiger partial charge in [0.1, 0.15) is 18.5 Å². The molecule has 3 heteroatoms. The molecule has 1 aromatic rings. The van der Waals surface area contributed by atoms with Crippen molar-refractivity contribution < 1.29 is 9.47 Å². The van der Waals surface area contributed by atoms with Gasteiger partial charge >= 0.3 is 0 Å². The largest absolute Gasteiger partial charge is 0.492 e. The van der Waals surface area contributed by atoms with Gasteiger partial charge in [-0.25, -0.2) is 0 Å². The summed E-state index contributed by atoms with van der Waals surface area (Å²) in [6.45, 7) is 10.9. The average Bonchev–Trinajstić information content (AvgIpc) is 3.20. The first-order valence-corrected chi connectivity index (χ1v) is 8.27. The van der Waals surface area contributed by atoms with Gasteiger partial charge in [0.2, 0.25) is 0 Å². The Morgan fingerprint density at radius 1 is 1.33 bits per heavy atom. The summed E-state index contributed by atoms with van der Waals surface area (Å²) in [6, 6.07) is 7.44. The molecule has 2 aliphatic rings. The molecule has 2 heterocycles. The zero-order valence-electron chi connectivity index (χ0n) is 13.6. The van der Waals surface area contributed by atoms with Gasteiger partial charge in [0.05, 0.1) is 6.10 Å². The Hall–Kier alpha value is -1.06. The molecule has 1 saturated heterocycles. The number of nitrogens with zero attached hydrogens (tertiary/aromatic N) is 1. The van der Waals surface area contributed by atoms with Gasteiger partial charge in [0.15, 0.2) is 0 Å². The molecular weight excluding hydrogens is 262 g/mol. The van der Waals surface area contributed by atoms with Gasteiger partial charge < -0.3 is 9.47 Å². The molecule has 1 fully saturated rings. The molecule has 0 bridgehead atoms. The highest BCUT2D eigenvalue weighted by molar-refractivity contribution is 5.45. The normalized spacial score (nSPS) is 27.6. The number of hydrogen-bond donors (Lipinski definition) is 0. The van der Waals surface area contributed by atoms with E-state index in [0.29, 0.717) is 18.2 Å². The third-order valence-corrected chi connectivity index (χ3v) is 4.67. The second kappa shape index (κ2) is 5.98. The molecule has 3 nitrogen and oxygen atoms in total. The summed E-state index contributed by atoms with van der Waals surface area (Å²) in [5.41, 5.74) is 2.70. The van der Waals surface area contributed by atoms with E-state index in [1.807, 2.05) is 0 Å². The number of rotatable bonds is 5. The molecule has 0 N–H and O–H groups in total. The Labute approximate surface area is 128 Å². The minimum atomic E-state index is 0.279. The molecule has 0 amide bonds. The van der Waals surface area contributed by atoms with E-state index >= 15 is 0 Å². The number of hydrogen-bond acceptors (Lipinski definition) is 3. The number of epoxide rings is 1. The van der Waals surface area contributed by atoms with Crippen molar-refractivity contribution in [3.63, 3.8) is 0 Å². The maximum atomic E-state index is 6.07. The Balaban J connectivity index is 1.83. The van der Waals surface area contributed by atoms with Crippen LogP contribution in [-0.2, 0) is 11.2 Å². The summed E-state index contributed by atoms with van der Waals surface area (Å²) >= 11 is 0. The fourth-order valence-electron chi connectivity index (χ4n) is 3.53. The Morgan fingerprint density at radius 2 is 2.10 bits per heavy atom. The van der Waals surface area contributed by atoms with Crippen LogP contribution in [-0.4, -0.2) is 36.2 Å². The first kappa shape index (κ1) is 14.9. The molecule has 0 aromatic heterocycles. The summed E-state index contributed by atoms with van der Waals surface area (Å²) in [5.74, 6) is 1.06. The number of ether oxygens (including phenoxy) is 2. The minimum Gasteiger partial charge on any atom is -0.492 e. The zero-order chi connectivity index (χ0) is 15.0. The lowest BCUT2D eigenvalue weighted by Gasteiger charge is -2.38. The second-order valence-corrected chi connectivity index (χ2v) is 6.59. The van der Waals surface area contributed by atoms with E-state index in [9.17, 15) is 0 Å². The van der Waals surface area contributed by atoms with Crippen molar-refractivity contribution in [1.29, 1.82) is 0 Å². The van der Waals surface area contributed by atoms with Crippen molar-refractivity contribution >= 4 is 0 Å². The van der Waals surface area contributed by atoms with E-state index < -0.39 is 0 Å². The molecule has 0 aliphatic carbocycles. The monoisotopic (exact) mass is 289 g/mol. The van der Waals surface area contributed by atoms with E-state index in [1.54, 1.807) is 0 Å². The van der Waals surface area contributed by atoms with Crippen LogP contribution in [0.25, 0.3) is 0 Å². The first-order chi connectivity index (χ1) is 10.1. The van der Waals surface area contributed by atoms with Gasteiger partial charge in [0, 0.05) is 17.6 Å². The van der Waals surface area contributed by atoms with Crippen molar-refractivity contribution in [3.8, 4) is 5.75 Å². The quantitative estimate of drug-likeness (QED) is 0.775. The summed E-state index contributed by atoms with van der Waals surface area (Å²) in [5, 5.41) is 0. The number of fused-ring (bicyclic) bond motifs is 1. The Kier molecular flexibility index (Phi) is 4.23. The standard InChI is InChI=1S/C18H27NO2/c1-5-9-19(12(2)3)14-10-16-15(18-13(4)21-18)7-6-8-17(16)20-11-14/h6-8,12-14,18H,5,9-11H2,1-4H3. The topological polar surface area (TPSA) is 25.0 Å². The first-order valence-electron chi connectivity index (χ1n) is 8.27. The molecule has 3 atom stereocenters. The van der Waals surface area contributed by atoms with Crippen LogP contribution < -0.4 is 4.74 Å². The molecule has 3 rings (SSSR count). The fourth-order valence-corrected chi connectivity index (χ4v) is 3.53. The van der Waals surface area contributed by atoms with Gasteiger partial charge in [0.25, 0.3) is 0 Å². The van der Waals surface area contributed by atoms with Gasteiger partial charge in [-0.05, 0) is 51.8 Å². The number of benzene rings is 1. The average molecular weight is 289 g/mol. The molecule has 21 heavy (non-hydrogen) atoms. The van der Waals surface area contributed by atoms with Crippen LogP contribution >= 0.6 is 0 Å². The summed E-state index contributed by atoms with van der Waals surface area (Å²) in [4.78, 5) is 2.58. The second-order valence-electron chi connectivity index (χ2n) is 6.59. The van der Waals surface area contributed by atoms with Gasteiger partial charge in [-0.3, -0.25) is 4.90 Å². The van der Waals surface area contributed by atoms with Crippen molar-refractivity contribution in [2.24, 2.45) is 0 Å². The lowest BCUT2D eigenvalue weighted by atomic mass is 9.93. The van der Waals surface area contributed by atoms with Crippen LogP contribution in [0.5, 0.6) is 5.75 Å². The van der Waals surface area contributed by atoms with Crippen LogP contribution in [0.15, 0.2) is 18.2 Å². The SMILES string of the molecule is CCCN(C(C)C)C1COc2cccc(C3OC3C)c2C1. The van der Waals surface area contributed by atoms with E-state index in [4.69, 9.17) is 9.47 Å². The third-order valence-electron chi connectivity index (χ3n) is 4.67. The third kappa shape index (κ3) is 2.95. The predicted octanol–water partition coefficient (Wildman–Crippen LogP) is 3.57. The lowest BCUT2D eigenvalue weighted by molar-refractivity contribution is 0.0920. The highest BCUT2D eigenvalue weighted by atomic mass is 16.6. The summed E-state index contributed by atoms with van der Waals surface area (Å²) in [6.07, 6.45) is 2.90. The molecular formula is C18H27NO2. The van der Waals surface area contributed by atoms with Crippen molar-refractivity contribution in [2.45, 2.75) is 64.8 Å². The summed E-state index contributed by atoms with van der Waals surface area (Å²) in [7, 11) is 0. The maximum absolute atomic E-state index is 6.07. The van der Waals surface area contributed by atoms with Crippen LogP contribution in [0.1, 0.15) is 51.3 Å². The van der Waals surface area contributed by atoms with E-state index in [0.717, 1.165) is 25.3 Å². The van der Waals surface area contributed by atoms with Crippen LogP contribution in [0.2, 0.25) is 0 Å². The highest BCUT2D eigenvalue weighted by Crippen LogP contribution is 2.43. The molecule has 2 aliphatic heterocycles. The van der Waals surface area contributed by atoms with Gasteiger partial charge in [-0.2, -0.15) is 0 Å². The Morgan fingerprint density at radius 3 is 2.71 bits per heavy atom. The lowest BCUT2D eigenvalue weighted by Crippen LogP contribution is -2.47. The van der Waals surface area contributed by atoms with E-state index in [1.165, 1.54) is 17.5 Å². The molecule has 1 aromatic carbocycles. The predicted molar refractivity (Wildman–Crippen MR) is 84.9 cm³/mol. The maximum Gasteiger partial charge on any atom is 0.123 e. The molecule has 0 radical (unpaired) electrons. The van der Waals surface area contributed by atoms with Crippen LogP contribution in [0.3, 0.4) is 0 Å². The van der Waals surface area contributed by atoms with Crippen LogP contribution in [0, 0.1) is 0 Å². The summed E-state index contributed by atoms with van der Waals surface area (Å²) < 4.78 is 11.8. The van der Waals surface area contributed by atoms with Crippen LogP contribution in [0.4, 0.5) is 0 Å². The molecule has 116 valence electrons. The zero-order valence-corrected chi connectivity index (χ0v) is 13.6. The highest BCUT2D eigenvalue weighted by Gasteiger charge is 2.39. The fraction of sp³-hybridized carbons (Fsp3) is 0.667. The van der Waals surface area contributed by atoms with E-state index in [-0.39, 0.29) is 6.10 Å². The van der Waals surface area contributed by atoms with Gasteiger partial charge in [-0.1, -0.05) is 19.1 Å². The van der Waals surface area contributed by atoms with Crippen molar-refractivity contribution in [1.82, 2.24) is 4.90 Å². The Bertz CT molecular complexity index is 500. The van der Waals surface area contributed by atoms with Gasteiger partial charge in [-0.15, -0.1) is 0 Å². The molecule has 0 spiro atoms. The molecule has 3 unspecified atom stereocenters.